The van der Waals surface area contributed by atoms with Gasteiger partial charge in [-0.25, -0.2) is 4.79 Å². The van der Waals surface area contributed by atoms with Gasteiger partial charge in [0.25, 0.3) is 0 Å². The number of anilines is 1. The van der Waals surface area contributed by atoms with Crippen LogP contribution >= 0.6 is 0 Å². The summed E-state index contributed by atoms with van der Waals surface area (Å²) in [6.07, 6.45) is 4.10. The summed E-state index contributed by atoms with van der Waals surface area (Å²) in [5.41, 5.74) is 1.97. The van der Waals surface area contributed by atoms with Crippen molar-refractivity contribution in [2.24, 2.45) is 0 Å². The second-order valence-electron chi connectivity index (χ2n) is 14.8. The molecule has 0 radical (unpaired) electrons. The average molecular weight is 721 g/mol. The topological polar surface area (TPSA) is 99.3 Å². The van der Waals surface area contributed by atoms with Crippen LogP contribution in [0.4, 0.5) is 5.69 Å². The van der Waals surface area contributed by atoms with Crippen molar-refractivity contribution in [3.05, 3.63) is 118 Å². The summed E-state index contributed by atoms with van der Waals surface area (Å²) in [5.74, 6) is 1.11. The fourth-order valence-corrected chi connectivity index (χ4v) is 7.54. The van der Waals surface area contributed by atoms with Crippen LogP contribution in [0.15, 0.2) is 95.9 Å². The molecule has 0 spiro atoms. The van der Waals surface area contributed by atoms with Crippen molar-refractivity contribution >= 4 is 47.4 Å². The highest BCUT2D eigenvalue weighted by Crippen LogP contribution is 2.45. The lowest BCUT2D eigenvalue weighted by Gasteiger charge is -2.47. The second kappa shape index (κ2) is 14.5. The summed E-state index contributed by atoms with van der Waals surface area (Å²) in [6.45, 7) is 11.3. The molecule has 10 heteroatoms. The van der Waals surface area contributed by atoms with Gasteiger partial charge >= 0.3 is 5.97 Å². The van der Waals surface area contributed by atoms with Gasteiger partial charge in [0.05, 0.1) is 39.2 Å². The number of carbonyl (C=O) groups is 1. The first kappa shape index (κ1) is 36.7. The number of ether oxygens (including phenoxy) is 4. The molecule has 52 heavy (non-hydrogen) atoms. The van der Waals surface area contributed by atoms with Gasteiger partial charge in [-0.2, -0.15) is 0 Å². The second-order valence-corrected chi connectivity index (χ2v) is 19.6. The van der Waals surface area contributed by atoms with Gasteiger partial charge in [0.2, 0.25) is 0 Å². The molecule has 0 bridgehead atoms. The number of aromatic nitrogens is 1. The first-order chi connectivity index (χ1) is 24.8. The zero-order valence-corrected chi connectivity index (χ0v) is 32.3. The van der Waals surface area contributed by atoms with Crippen LogP contribution in [-0.2, 0) is 31.7 Å². The molecule has 1 atom stereocenters. The lowest BCUT2D eigenvalue weighted by atomic mass is 9.88. The van der Waals surface area contributed by atoms with Gasteiger partial charge in [0.15, 0.2) is 19.3 Å². The Hall–Kier alpha value is -5.06. The van der Waals surface area contributed by atoms with Gasteiger partial charge in [-0.05, 0) is 77.5 Å². The number of rotatable bonds is 12. The quantitative estimate of drug-likeness (QED) is 0.102. The highest BCUT2D eigenvalue weighted by atomic mass is 28.4. The molecular formula is C42H48N2O7Si. The summed E-state index contributed by atoms with van der Waals surface area (Å²) in [4.78, 5) is 34.3. The molecule has 1 aliphatic heterocycles. The molecule has 6 rings (SSSR count). The molecule has 1 aromatic heterocycles. The predicted octanol–water partition coefficient (Wildman–Crippen LogP) is 8.25. The Labute approximate surface area is 306 Å². The van der Waals surface area contributed by atoms with E-state index < -0.39 is 19.8 Å². The summed E-state index contributed by atoms with van der Waals surface area (Å²) < 4.78 is 30.5. The van der Waals surface area contributed by atoms with Crippen LogP contribution in [0.1, 0.15) is 37.5 Å². The minimum absolute atomic E-state index is 0.0196. The Balaban J connectivity index is 1.64. The number of benzene rings is 3. The summed E-state index contributed by atoms with van der Waals surface area (Å²) >= 11 is 0. The van der Waals surface area contributed by atoms with Crippen molar-refractivity contribution in [3.63, 3.8) is 0 Å². The minimum atomic E-state index is -2.43. The van der Waals surface area contributed by atoms with Gasteiger partial charge in [0, 0.05) is 35.1 Å². The van der Waals surface area contributed by atoms with E-state index in [1.807, 2.05) is 77.8 Å². The van der Waals surface area contributed by atoms with Gasteiger partial charge in [-0.3, -0.25) is 4.79 Å². The van der Waals surface area contributed by atoms with Crippen molar-refractivity contribution < 1.29 is 28.2 Å². The molecule has 0 saturated heterocycles. The Bertz CT molecular complexity index is 2190. The number of hydrogen-bond acceptors (Lipinski definition) is 8. The van der Waals surface area contributed by atoms with E-state index >= 15 is 0 Å². The largest absolute Gasteiger partial charge is 0.497 e. The Morgan fingerprint density at radius 3 is 2.37 bits per heavy atom. The number of hydrogen-bond donors (Lipinski definition) is 1. The first-order valence-electron chi connectivity index (χ1n) is 17.5. The highest BCUT2D eigenvalue weighted by molar-refractivity contribution is 6.74. The Morgan fingerprint density at radius 2 is 1.67 bits per heavy atom. The third kappa shape index (κ3) is 6.92. The number of nitrogens with one attached hydrogen (secondary N) is 1. The zero-order valence-electron chi connectivity index (χ0n) is 31.3. The molecule has 9 nitrogen and oxygen atoms in total. The normalized spacial score (nSPS) is 16.0. The molecule has 0 aliphatic carbocycles. The van der Waals surface area contributed by atoms with Crippen LogP contribution in [0.2, 0.25) is 18.1 Å². The number of esters is 1. The maximum Gasteiger partial charge on any atom is 0.338 e. The summed E-state index contributed by atoms with van der Waals surface area (Å²) in [6, 6.07) is 25.0. The Kier molecular flexibility index (Phi) is 10.3. The number of carbonyl (C=O) groups excluding carboxylic acids is 1. The van der Waals surface area contributed by atoms with Crippen molar-refractivity contribution in [1.82, 2.24) is 4.98 Å². The van der Waals surface area contributed by atoms with Crippen LogP contribution in [0.3, 0.4) is 0 Å². The molecule has 1 N–H and O–H groups in total. The molecule has 0 saturated carbocycles. The van der Waals surface area contributed by atoms with E-state index in [9.17, 15) is 9.59 Å². The molecule has 5 aromatic rings. The first-order valence-corrected chi connectivity index (χ1v) is 20.4. The molecule has 2 heterocycles. The maximum absolute atomic E-state index is 14.6. The van der Waals surface area contributed by atoms with E-state index in [1.54, 1.807) is 26.4 Å². The lowest BCUT2D eigenvalue weighted by molar-refractivity contribution is -0.146. The average Bonchev–Trinajstić information content (AvgIpc) is 3.55. The predicted molar refractivity (Wildman–Crippen MR) is 210 cm³/mol. The maximum atomic E-state index is 14.6. The van der Waals surface area contributed by atoms with Crippen LogP contribution in [0, 0.1) is 0 Å². The number of fused-ring (bicyclic) bond motifs is 4. The van der Waals surface area contributed by atoms with Crippen molar-refractivity contribution in [2.75, 3.05) is 39.4 Å². The highest BCUT2D eigenvalue weighted by Gasteiger charge is 2.51. The molecule has 0 fully saturated rings. The zero-order chi connectivity index (χ0) is 37.3. The van der Waals surface area contributed by atoms with E-state index in [0.717, 1.165) is 32.8 Å². The Morgan fingerprint density at radius 1 is 0.904 bits per heavy atom. The van der Waals surface area contributed by atoms with Gasteiger partial charge in [0.1, 0.15) is 23.9 Å². The number of H-pyrrole nitrogens is 1. The van der Waals surface area contributed by atoms with Crippen molar-refractivity contribution in [2.45, 2.75) is 57.5 Å². The standard InChI is InChI=1S/C42H48N2O7Si/c1-41(2,3)52(7,8)51-27-42(40(46)49-6)25-37(50-26-28-12-10-9-11-13-28)38-35(45)17-15-30-23-34-31(18-20-43-34)22-33(30)39(38)44(42)21-19-29-14-16-32(47-4)24-36(29)48-5/h9-18,20,22-25,43H,19,21,26-27H2,1-8H3. The number of methoxy groups -OCH3 is 3. The van der Waals surface area contributed by atoms with E-state index in [0.29, 0.717) is 41.5 Å². The molecule has 272 valence electrons. The fraction of sp³-hybridized carbons (Fsp3) is 0.333. The van der Waals surface area contributed by atoms with Crippen LogP contribution < -0.4 is 19.8 Å². The van der Waals surface area contributed by atoms with E-state index in [-0.39, 0.29) is 23.7 Å². The van der Waals surface area contributed by atoms with Crippen LogP contribution in [-0.4, -0.2) is 59.3 Å². The number of nitrogens with zero attached hydrogens (tertiary/aromatic N) is 1. The third-order valence-electron chi connectivity index (χ3n) is 10.6. The molecular weight excluding hydrogens is 673 g/mol. The monoisotopic (exact) mass is 720 g/mol. The van der Waals surface area contributed by atoms with E-state index in [4.69, 9.17) is 23.4 Å². The molecule has 0 amide bonds. The smallest absolute Gasteiger partial charge is 0.338 e. The SMILES string of the molecule is COC(=O)C1(CO[Si](C)(C)C(C)(C)C)C=C(OCc2ccccc2)c2c(c3cc4cc[nH]c4cc3ccc2=O)N1CCc1ccc(OC)cc1OC. The number of aromatic amines is 1. The fourth-order valence-electron chi connectivity index (χ4n) is 6.53. The van der Waals surface area contributed by atoms with Crippen LogP contribution in [0.5, 0.6) is 11.5 Å². The summed E-state index contributed by atoms with van der Waals surface area (Å²) in [7, 11) is 2.19. The van der Waals surface area contributed by atoms with Crippen molar-refractivity contribution in [1.29, 1.82) is 0 Å². The third-order valence-corrected chi connectivity index (χ3v) is 15.1. The van der Waals surface area contributed by atoms with Crippen molar-refractivity contribution in [3.8, 4) is 11.5 Å². The molecule has 4 aromatic carbocycles. The van der Waals surface area contributed by atoms with Gasteiger partial charge in [-0.15, -0.1) is 0 Å². The minimum Gasteiger partial charge on any atom is -0.497 e. The van der Waals surface area contributed by atoms with E-state index in [2.05, 4.69) is 44.9 Å². The summed E-state index contributed by atoms with van der Waals surface area (Å²) in [5, 5.41) is 2.44. The molecule has 1 aliphatic rings. The lowest BCUT2D eigenvalue weighted by Crippen LogP contribution is -2.61. The van der Waals surface area contributed by atoms with Crippen LogP contribution in [0.25, 0.3) is 27.4 Å². The van der Waals surface area contributed by atoms with Gasteiger partial charge < -0.3 is 33.3 Å². The van der Waals surface area contributed by atoms with Gasteiger partial charge in [-0.1, -0.05) is 63.2 Å². The molecule has 1 unspecified atom stereocenters. The van der Waals surface area contributed by atoms with E-state index in [1.165, 1.54) is 7.11 Å².